The molecule has 6 nitrogen and oxygen atoms in total. The molecular weight excluding hydrogens is 294 g/mol. The van der Waals surface area contributed by atoms with Crippen molar-refractivity contribution in [1.29, 1.82) is 0 Å². The van der Waals surface area contributed by atoms with E-state index in [1.807, 2.05) is 0 Å². The van der Waals surface area contributed by atoms with Crippen LogP contribution in [0.4, 0.5) is 0 Å². The normalized spacial score (nSPS) is 10.9. The zero-order valence-corrected chi connectivity index (χ0v) is 12.8. The van der Waals surface area contributed by atoms with Gasteiger partial charge in [-0.05, 0) is 30.7 Å². The van der Waals surface area contributed by atoms with Gasteiger partial charge >= 0.3 is 5.69 Å². The third-order valence-electron chi connectivity index (χ3n) is 3.77. The second-order valence-corrected chi connectivity index (χ2v) is 5.36. The predicted octanol–water partition coefficient (Wildman–Crippen LogP) is 1.35. The fourth-order valence-electron chi connectivity index (χ4n) is 2.55. The molecule has 0 N–H and O–H groups in total. The monoisotopic (exact) mass is 309 g/mol. The van der Waals surface area contributed by atoms with E-state index in [1.54, 1.807) is 49.6 Å². The fourth-order valence-corrected chi connectivity index (χ4v) is 2.55. The average Bonchev–Trinajstić information content (AvgIpc) is 2.57. The van der Waals surface area contributed by atoms with E-state index in [9.17, 15) is 14.4 Å². The van der Waals surface area contributed by atoms with Crippen molar-refractivity contribution in [3.8, 4) is 0 Å². The minimum absolute atomic E-state index is 0.0604. The van der Waals surface area contributed by atoms with Crippen LogP contribution in [0.5, 0.6) is 0 Å². The molecule has 3 aromatic rings. The van der Waals surface area contributed by atoms with E-state index in [1.165, 1.54) is 11.5 Å². The van der Waals surface area contributed by atoms with Gasteiger partial charge in [-0.3, -0.25) is 18.7 Å². The lowest BCUT2D eigenvalue weighted by molar-refractivity contribution is 0.101. The molecule has 0 radical (unpaired) electrons. The van der Waals surface area contributed by atoms with Crippen LogP contribution >= 0.6 is 0 Å². The molecule has 0 saturated carbocycles. The van der Waals surface area contributed by atoms with Crippen LogP contribution in [0.3, 0.4) is 0 Å². The van der Waals surface area contributed by atoms with Crippen molar-refractivity contribution >= 4 is 16.8 Å². The van der Waals surface area contributed by atoms with Gasteiger partial charge in [0.05, 0.1) is 11.9 Å². The Morgan fingerprint density at radius 1 is 1.17 bits per heavy atom. The van der Waals surface area contributed by atoms with Crippen LogP contribution in [0.15, 0.2) is 52.2 Å². The maximum atomic E-state index is 12.6. The molecule has 0 amide bonds. The van der Waals surface area contributed by atoms with E-state index in [-0.39, 0.29) is 17.9 Å². The number of benzene rings is 1. The van der Waals surface area contributed by atoms with Crippen LogP contribution in [0.25, 0.3) is 11.0 Å². The van der Waals surface area contributed by atoms with E-state index < -0.39 is 5.69 Å². The van der Waals surface area contributed by atoms with Crippen molar-refractivity contribution in [3.63, 3.8) is 0 Å². The number of carbonyl (C=O) groups excluding carboxylic acids is 1. The summed E-state index contributed by atoms with van der Waals surface area (Å²) in [4.78, 5) is 40.6. The first kappa shape index (κ1) is 14.9. The van der Waals surface area contributed by atoms with E-state index in [0.717, 1.165) is 10.1 Å². The number of Topliss-reactive ketones (excluding diaryl/α,β-unsaturated/α-hetero) is 1. The lowest BCUT2D eigenvalue weighted by Gasteiger charge is -2.10. The Labute approximate surface area is 131 Å². The Hall–Kier alpha value is -3.02. The molecule has 0 aliphatic carbocycles. The number of aromatic nitrogens is 3. The standard InChI is InChI=1S/C17H15N3O3/c1-11(21)13-6-3-5-12(9-13)10-20-16(22)14-7-4-8-18-15(14)19(2)17(20)23/h3-9H,10H2,1-2H3. The van der Waals surface area contributed by atoms with Gasteiger partial charge in [0.1, 0.15) is 5.65 Å². The zero-order chi connectivity index (χ0) is 16.6. The second kappa shape index (κ2) is 5.64. The summed E-state index contributed by atoms with van der Waals surface area (Å²) in [5.41, 5.74) is 0.810. The number of ketones is 1. The highest BCUT2D eigenvalue weighted by Gasteiger charge is 2.12. The molecule has 0 unspecified atom stereocenters. The highest BCUT2D eigenvalue weighted by Crippen LogP contribution is 2.08. The van der Waals surface area contributed by atoms with Gasteiger partial charge in [0.2, 0.25) is 0 Å². The van der Waals surface area contributed by atoms with Crippen LogP contribution in [0.2, 0.25) is 0 Å². The van der Waals surface area contributed by atoms with E-state index in [2.05, 4.69) is 4.98 Å². The lowest BCUT2D eigenvalue weighted by Crippen LogP contribution is -2.39. The van der Waals surface area contributed by atoms with Gasteiger partial charge in [0, 0.05) is 18.8 Å². The number of pyridine rings is 1. The molecule has 6 heteroatoms. The van der Waals surface area contributed by atoms with E-state index >= 15 is 0 Å². The first-order valence-corrected chi connectivity index (χ1v) is 7.13. The minimum Gasteiger partial charge on any atom is -0.295 e. The molecule has 0 spiro atoms. The van der Waals surface area contributed by atoms with Gasteiger partial charge in [-0.2, -0.15) is 0 Å². The molecule has 0 fully saturated rings. The van der Waals surface area contributed by atoms with Crippen LogP contribution in [-0.4, -0.2) is 19.9 Å². The number of hydrogen-bond acceptors (Lipinski definition) is 4. The number of carbonyl (C=O) groups is 1. The molecule has 2 aromatic heterocycles. The number of rotatable bonds is 3. The Morgan fingerprint density at radius 3 is 2.70 bits per heavy atom. The summed E-state index contributed by atoms with van der Waals surface area (Å²) in [6.07, 6.45) is 1.54. The molecule has 0 atom stereocenters. The first-order chi connectivity index (χ1) is 11.0. The molecular formula is C17H15N3O3. The van der Waals surface area contributed by atoms with Crippen molar-refractivity contribution in [2.24, 2.45) is 7.05 Å². The van der Waals surface area contributed by atoms with Crippen molar-refractivity contribution < 1.29 is 4.79 Å². The highest BCUT2D eigenvalue weighted by molar-refractivity contribution is 5.94. The van der Waals surface area contributed by atoms with Gasteiger partial charge in [-0.25, -0.2) is 9.78 Å². The SMILES string of the molecule is CC(=O)c1cccc(Cn2c(=O)c3cccnc3n(C)c2=O)c1. The Kier molecular flexibility index (Phi) is 3.65. The molecule has 1 aromatic carbocycles. The Bertz CT molecular complexity index is 1030. The van der Waals surface area contributed by atoms with Crippen molar-refractivity contribution in [2.75, 3.05) is 0 Å². The number of hydrogen-bond donors (Lipinski definition) is 0. The average molecular weight is 309 g/mol. The van der Waals surface area contributed by atoms with Crippen molar-refractivity contribution in [2.45, 2.75) is 13.5 Å². The smallest absolute Gasteiger partial charge is 0.295 e. The quantitative estimate of drug-likeness (QED) is 0.684. The summed E-state index contributed by atoms with van der Waals surface area (Å²) in [6, 6.07) is 10.2. The molecule has 2 heterocycles. The third kappa shape index (κ3) is 2.59. The molecule has 23 heavy (non-hydrogen) atoms. The Balaban J connectivity index is 2.18. The summed E-state index contributed by atoms with van der Waals surface area (Å²) < 4.78 is 2.51. The van der Waals surface area contributed by atoms with Crippen molar-refractivity contribution in [3.05, 3.63) is 74.6 Å². The van der Waals surface area contributed by atoms with E-state index in [4.69, 9.17) is 0 Å². The number of aryl methyl sites for hydroxylation is 1. The minimum atomic E-state index is -0.436. The zero-order valence-electron chi connectivity index (χ0n) is 12.8. The maximum absolute atomic E-state index is 12.6. The molecule has 0 aliphatic rings. The summed E-state index contributed by atoms with van der Waals surface area (Å²) in [6.45, 7) is 1.59. The van der Waals surface area contributed by atoms with Gasteiger partial charge in [-0.1, -0.05) is 18.2 Å². The van der Waals surface area contributed by atoms with Gasteiger partial charge < -0.3 is 0 Å². The molecule has 116 valence electrons. The topological polar surface area (TPSA) is 74.0 Å². The molecule has 0 saturated heterocycles. The molecule has 0 aliphatic heterocycles. The summed E-state index contributed by atoms with van der Waals surface area (Å²) in [5.74, 6) is -0.0604. The van der Waals surface area contributed by atoms with Crippen molar-refractivity contribution in [1.82, 2.24) is 14.1 Å². The summed E-state index contributed by atoms with van der Waals surface area (Å²) in [5, 5.41) is 0.386. The van der Waals surface area contributed by atoms with Crippen LogP contribution < -0.4 is 11.2 Å². The maximum Gasteiger partial charge on any atom is 0.332 e. The van der Waals surface area contributed by atoms with Gasteiger partial charge in [0.25, 0.3) is 5.56 Å². The summed E-state index contributed by atoms with van der Waals surface area (Å²) in [7, 11) is 1.58. The van der Waals surface area contributed by atoms with Crippen LogP contribution in [0, 0.1) is 0 Å². The fraction of sp³-hybridized carbons (Fsp3) is 0.176. The Morgan fingerprint density at radius 2 is 1.96 bits per heavy atom. The largest absolute Gasteiger partial charge is 0.332 e. The van der Waals surface area contributed by atoms with Crippen LogP contribution in [-0.2, 0) is 13.6 Å². The van der Waals surface area contributed by atoms with Gasteiger partial charge in [-0.15, -0.1) is 0 Å². The third-order valence-corrected chi connectivity index (χ3v) is 3.77. The first-order valence-electron chi connectivity index (χ1n) is 7.13. The summed E-state index contributed by atoms with van der Waals surface area (Å²) >= 11 is 0. The predicted molar refractivity (Wildman–Crippen MR) is 86.8 cm³/mol. The molecule has 3 rings (SSSR count). The van der Waals surface area contributed by atoms with Gasteiger partial charge in [0.15, 0.2) is 5.78 Å². The lowest BCUT2D eigenvalue weighted by atomic mass is 10.1. The number of nitrogens with zero attached hydrogens (tertiary/aromatic N) is 3. The van der Waals surface area contributed by atoms with Crippen LogP contribution in [0.1, 0.15) is 22.8 Å². The van der Waals surface area contributed by atoms with E-state index in [0.29, 0.717) is 16.6 Å². The highest BCUT2D eigenvalue weighted by atomic mass is 16.2. The molecule has 0 bridgehead atoms. The number of fused-ring (bicyclic) bond motifs is 1. The second-order valence-electron chi connectivity index (χ2n) is 5.36.